The highest BCUT2D eigenvalue weighted by Crippen LogP contribution is 2.20. The Kier molecular flexibility index (Phi) is 6.49. The van der Waals surface area contributed by atoms with Gasteiger partial charge in [-0.2, -0.15) is 0 Å². The zero-order valence-corrected chi connectivity index (χ0v) is 13.8. The van der Waals surface area contributed by atoms with Gasteiger partial charge in [0.15, 0.2) is 0 Å². The SMILES string of the molecule is CC(C)(C)Oc1ccc(NC(=O)CC2CCCN2)cc1.Cl. The van der Waals surface area contributed by atoms with Gasteiger partial charge >= 0.3 is 0 Å². The van der Waals surface area contributed by atoms with Crippen LogP contribution < -0.4 is 15.4 Å². The van der Waals surface area contributed by atoms with E-state index in [1.165, 1.54) is 0 Å². The summed E-state index contributed by atoms with van der Waals surface area (Å²) in [5.41, 5.74) is 0.605. The first kappa shape index (κ1) is 17.8. The summed E-state index contributed by atoms with van der Waals surface area (Å²) >= 11 is 0. The minimum Gasteiger partial charge on any atom is -0.488 e. The Balaban J connectivity index is 0.00000220. The lowest BCUT2D eigenvalue weighted by molar-refractivity contribution is -0.116. The standard InChI is InChI=1S/C16H24N2O2.ClH/c1-16(2,3)20-14-8-6-12(7-9-14)18-15(19)11-13-5-4-10-17-13;/h6-9,13,17H,4-5,10-11H2,1-3H3,(H,18,19);1H. The average Bonchev–Trinajstić information content (AvgIpc) is 2.82. The Morgan fingerprint density at radius 3 is 2.52 bits per heavy atom. The number of carbonyl (C=O) groups is 1. The predicted molar refractivity (Wildman–Crippen MR) is 88.3 cm³/mol. The topological polar surface area (TPSA) is 50.4 Å². The van der Waals surface area contributed by atoms with Crippen LogP contribution in [0.4, 0.5) is 5.69 Å². The van der Waals surface area contributed by atoms with Crippen molar-refractivity contribution >= 4 is 24.0 Å². The van der Waals surface area contributed by atoms with E-state index in [0.717, 1.165) is 30.8 Å². The fraction of sp³-hybridized carbons (Fsp3) is 0.562. The lowest BCUT2D eigenvalue weighted by Gasteiger charge is -2.21. The molecule has 0 aliphatic carbocycles. The molecule has 2 rings (SSSR count). The molecule has 1 unspecified atom stereocenters. The summed E-state index contributed by atoms with van der Waals surface area (Å²) in [4.78, 5) is 11.9. The zero-order chi connectivity index (χ0) is 14.6. The predicted octanol–water partition coefficient (Wildman–Crippen LogP) is 3.37. The second-order valence-electron chi connectivity index (χ2n) is 6.28. The van der Waals surface area contributed by atoms with Crippen LogP contribution in [-0.2, 0) is 4.79 Å². The number of hydrogen-bond acceptors (Lipinski definition) is 3. The molecule has 0 spiro atoms. The van der Waals surface area contributed by atoms with E-state index in [-0.39, 0.29) is 23.9 Å². The summed E-state index contributed by atoms with van der Waals surface area (Å²) in [5.74, 6) is 0.877. The molecular formula is C16H25ClN2O2. The summed E-state index contributed by atoms with van der Waals surface area (Å²) in [6, 6.07) is 7.85. The monoisotopic (exact) mass is 312 g/mol. The number of halogens is 1. The van der Waals surface area contributed by atoms with E-state index >= 15 is 0 Å². The molecule has 1 fully saturated rings. The van der Waals surface area contributed by atoms with Gasteiger partial charge in [0.05, 0.1) is 0 Å². The van der Waals surface area contributed by atoms with Gasteiger partial charge in [0, 0.05) is 18.2 Å². The zero-order valence-electron chi connectivity index (χ0n) is 12.9. The molecule has 0 bridgehead atoms. The lowest BCUT2D eigenvalue weighted by atomic mass is 10.1. The molecule has 1 aliphatic heterocycles. The van der Waals surface area contributed by atoms with Crippen LogP contribution in [0.1, 0.15) is 40.0 Å². The molecule has 1 saturated heterocycles. The minimum atomic E-state index is -0.209. The molecule has 1 amide bonds. The number of benzene rings is 1. The molecular weight excluding hydrogens is 288 g/mol. The molecule has 1 atom stereocenters. The highest BCUT2D eigenvalue weighted by atomic mass is 35.5. The van der Waals surface area contributed by atoms with Gasteiger partial charge in [-0.3, -0.25) is 4.79 Å². The maximum Gasteiger partial charge on any atom is 0.225 e. The van der Waals surface area contributed by atoms with Crippen molar-refractivity contribution in [2.24, 2.45) is 0 Å². The maximum atomic E-state index is 11.9. The van der Waals surface area contributed by atoms with Crippen molar-refractivity contribution in [2.75, 3.05) is 11.9 Å². The van der Waals surface area contributed by atoms with Crippen molar-refractivity contribution in [1.82, 2.24) is 5.32 Å². The van der Waals surface area contributed by atoms with Crippen molar-refractivity contribution in [3.8, 4) is 5.75 Å². The van der Waals surface area contributed by atoms with Gasteiger partial charge in [0.2, 0.25) is 5.91 Å². The van der Waals surface area contributed by atoms with E-state index in [1.807, 2.05) is 45.0 Å². The van der Waals surface area contributed by atoms with Crippen molar-refractivity contribution in [3.05, 3.63) is 24.3 Å². The quantitative estimate of drug-likeness (QED) is 0.896. The molecule has 0 radical (unpaired) electrons. The second kappa shape index (κ2) is 7.66. The Bertz CT molecular complexity index is 448. The van der Waals surface area contributed by atoms with Gasteiger partial charge in [0.1, 0.15) is 11.4 Å². The van der Waals surface area contributed by atoms with Crippen molar-refractivity contribution in [1.29, 1.82) is 0 Å². The molecule has 21 heavy (non-hydrogen) atoms. The van der Waals surface area contributed by atoms with E-state index < -0.39 is 0 Å². The first-order valence-electron chi connectivity index (χ1n) is 7.25. The maximum absolute atomic E-state index is 11.9. The average molecular weight is 313 g/mol. The Morgan fingerprint density at radius 1 is 1.33 bits per heavy atom. The first-order valence-corrected chi connectivity index (χ1v) is 7.25. The number of hydrogen-bond donors (Lipinski definition) is 2. The third kappa shape index (κ3) is 6.36. The Morgan fingerprint density at radius 2 is 2.00 bits per heavy atom. The molecule has 118 valence electrons. The van der Waals surface area contributed by atoms with Gasteiger partial charge in [-0.1, -0.05) is 0 Å². The number of rotatable bonds is 4. The lowest BCUT2D eigenvalue weighted by Crippen LogP contribution is -2.27. The normalized spacial score (nSPS) is 18.0. The van der Waals surface area contributed by atoms with E-state index in [1.54, 1.807) is 0 Å². The van der Waals surface area contributed by atoms with Crippen LogP contribution in [-0.4, -0.2) is 24.1 Å². The second-order valence-corrected chi connectivity index (χ2v) is 6.28. The number of anilines is 1. The molecule has 1 aromatic rings. The molecule has 4 nitrogen and oxygen atoms in total. The van der Waals surface area contributed by atoms with Crippen molar-refractivity contribution < 1.29 is 9.53 Å². The van der Waals surface area contributed by atoms with E-state index in [9.17, 15) is 4.79 Å². The molecule has 2 N–H and O–H groups in total. The van der Waals surface area contributed by atoms with Crippen LogP contribution in [0.3, 0.4) is 0 Å². The van der Waals surface area contributed by atoms with Crippen LogP contribution in [0.5, 0.6) is 5.75 Å². The van der Waals surface area contributed by atoms with Gasteiger partial charge in [-0.15, -0.1) is 12.4 Å². The van der Waals surface area contributed by atoms with Crippen LogP contribution in [0.2, 0.25) is 0 Å². The van der Waals surface area contributed by atoms with E-state index in [4.69, 9.17) is 4.74 Å². The summed E-state index contributed by atoms with van der Waals surface area (Å²) in [6.45, 7) is 7.06. The Labute approximate surface area is 133 Å². The number of carbonyl (C=O) groups excluding carboxylic acids is 1. The molecule has 0 saturated carbocycles. The van der Waals surface area contributed by atoms with Crippen molar-refractivity contribution in [2.45, 2.75) is 51.7 Å². The fourth-order valence-electron chi connectivity index (χ4n) is 2.33. The smallest absolute Gasteiger partial charge is 0.225 e. The largest absolute Gasteiger partial charge is 0.488 e. The number of ether oxygens (including phenoxy) is 1. The molecule has 1 heterocycles. The summed E-state index contributed by atoms with van der Waals surface area (Å²) in [7, 11) is 0. The third-order valence-corrected chi connectivity index (χ3v) is 3.16. The Hall–Kier alpha value is -1.26. The van der Waals surface area contributed by atoms with Crippen LogP contribution >= 0.6 is 12.4 Å². The van der Waals surface area contributed by atoms with Gasteiger partial charge < -0.3 is 15.4 Å². The van der Waals surface area contributed by atoms with E-state index in [2.05, 4.69) is 10.6 Å². The third-order valence-electron chi connectivity index (χ3n) is 3.16. The summed E-state index contributed by atoms with van der Waals surface area (Å²) in [6.07, 6.45) is 2.79. The van der Waals surface area contributed by atoms with Crippen LogP contribution in [0.25, 0.3) is 0 Å². The van der Waals surface area contributed by atoms with Gasteiger partial charge in [-0.25, -0.2) is 0 Å². The van der Waals surface area contributed by atoms with Gasteiger partial charge in [-0.05, 0) is 64.4 Å². The van der Waals surface area contributed by atoms with E-state index in [0.29, 0.717) is 12.5 Å². The molecule has 5 heteroatoms. The van der Waals surface area contributed by atoms with Crippen molar-refractivity contribution in [3.63, 3.8) is 0 Å². The molecule has 0 aromatic heterocycles. The van der Waals surface area contributed by atoms with Crippen LogP contribution in [0, 0.1) is 0 Å². The highest BCUT2D eigenvalue weighted by Gasteiger charge is 2.17. The minimum absolute atomic E-state index is 0. The molecule has 1 aliphatic rings. The fourth-order valence-corrected chi connectivity index (χ4v) is 2.33. The number of nitrogens with one attached hydrogen (secondary N) is 2. The highest BCUT2D eigenvalue weighted by molar-refractivity contribution is 5.91. The number of amides is 1. The summed E-state index contributed by atoms with van der Waals surface area (Å²) < 4.78 is 5.75. The molecule has 1 aromatic carbocycles. The van der Waals surface area contributed by atoms with Gasteiger partial charge in [0.25, 0.3) is 0 Å². The van der Waals surface area contributed by atoms with Crippen LogP contribution in [0.15, 0.2) is 24.3 Å². The summed E-state index contributed by atoms with van der Waals surface area (Å²) in [5, 5.41) is 6.25. The first-order chi connectivity index (χ1) is 9.42.